The molecular formula is C16H12O2. The summed E-state index contributed by atoms with van der Waals surface area (Å²) < 4.78 is 0. The van der Waals surface area contributed by atoms with Crippen LogP contribution in [0.15, 0.2) is 60.7 Å². The molecular weight excluding hydrogens is 224 g/mol. The molecule has 18 heavy (non-hydrogen) atoms. The molecule has 0 spiro atoms. The van der Waals surface area contributed by atoms with Crippen molar-refractivity contribution in [3.63, 3.8) is 0 Å². The van der Waals surface area contributed by atoms with Gasteiger partial charge in [-0.05, 0) is 23.1 Å². The third-order valence-corrected chi connectivity index (χ3v) is 3.08. The summed E-state index contributed by atoms with van der Waals surface area (Å²) in [5.74, 6) is 0.444. The van der Waals surface area contributed by atoms with Gasteiger partial charge in [0.15, 0.2) is 0 Å². The van der Waals surface area contributed by atoms with Crippen LogP contribution in [0.5, 0.6) is 11.5 Å². The zero-order valence-electron chi connectivity index (χ0n) is 9.67. The van der Waals surface area contributed by atoms with Crippen LogP contribution in [0, 0.1) is 0 Å². The summed E-state index contributed by atoms with van der Waals surface area (Å²) >= 11 is 0. The van der Waals surface area contributed by atoms with E-state index in [-0.39, 0.29) is 11.5 Å². The van der Waals surface area contributed by atoms with E-state index >= 15 is 0 Å². The van der Waals surface area contributed by atoms with Crippen molar-refractivity contribution in [2.45, 2.75) is 0 Å². The van der Waals surface area contributed by atoms with Crippen molar-refractivity contribution in [2.24, 2.45) is 0 Å². The highest BCUT2D eigenvalue weighted by molar-refractivity contribution is 6.01. The lowest BCUT2D eigenvalue weighted by atomic mass is 9.97. The molecule has 0 amide bonds. The van der Waals surface area contributed by atoms with Gasteiger partial charge in [0.2, 0.25) is 0 Å². The van der Waals surface area contributed by atoms with Crippen molar-refractivity contribution in [1.82, 2.24) is 0 Å². The fraction of sp³-hybridized carbons (Fsp3) is 0. The number of fused-ring (bicyclic) bond motifs is 1. The first-order valence-electron chi connectivity index (χ1n) is 5.76. The minimum Gasteiger partial charge on any atom is -0.507 e. The molecule has 2 heteroatoms. The molecule has 0 aliphatic rings. The molecule has 0 saturated heterocycles. The van der Waals surface area contributed by atoms with Gasteiger partial charge in [0.25, 0.3) is 0 Å². The second-order valence-electron chi connectivity index (χ2n) is 4.20. The molecule has 3 aromatic rings. The summed E-state index contributed by atoms with van der Waals surface area (Å²) in [6, 6.07) is 18.3. The van der Waals surface area contributed by atoms with Crippen LogP contribution in [0.4, 0.5) is 0 Å². The van der Waals surface area contributed by atoms with Crippen LogP contribution in [0.1, 0.15) is 0 Å². The van der Waals surface area contributed by atoms with Gasteiger partial charge in [-0.25, -0.2) is 0 Å². The Morgan fingerprint density at radius 2 is 1.17 bits per heavy atom. The Labute approximate surface area is 105 Å². The Balaban J connectivity index is 2.40. The van der Waals surface area contributed by atoms with Gasteiger partial charge in [0, 0.05) is 10.9 Å². The van der Waals surface area contributed by atoms with Crippen molar-refractivity contribution >= 4 is 10.8 Å². The van der Waals surface area contributed by atoms with E-state index < -0.39 is 0 Å². The topological polar surface area (TPSA) is 40.5 Å². The van der Waals surface area contributed by atoms with Crippen LogP contribution in [0.2, 0.25) is 0 Å². The maximum atomic E-state index is 10.0. The monoisotopic (exact) mass is 236 g/mol. The number of hydrogen-bond acceptors (Lipinski definition) is 2. The van der Waals surface area contributed by atoms with Gasteiger partial charge in [0.05, 0.1) is 0 Å². The maximum absolute atomic E-state index is 10.0. The molecule has 2 nitrogen and oxygen atoms in total. The lowest BCUT2D eigenvalue weighted by Gasteiger charge is -2.09. The summed E-state index contributed by atoms with van der Waals surface area (Å²) in [5, 5.41) is 21.7. The average molecular weight is 236 g/mol. The summed E-state index contributed by atoms with van der Waals surface area (Å²) in [4.78, 5) is 0. The molecule has 0 saturated carbocycles. The Morgan fingerprint density at radius 1 is 0.556 bits per heavy atom. The van der Waals surface area contributed by atoms with Crippen LogP contribution < -0.4 is 0 Å². The van der Waals surface area contributed by atoms with E-state index in [0.717, 1.165) is 21.9 Å². The first-order valence-corrected chi connectivity index (χ1v) is 5.76. The minimum atomic E-state index is 0.216. The van der Waals surface area contributed by atoms with Gasteiger partial charge in [-0.3, -0.25) is 0 Å². The number of benzene rings is 3. The zero-order valence-corrected chi connectivity index (χ0v) is 9.67. The number of para-hydroxylation sites is 1. The highest BCUT2D eigenvalue weighted by Gasteiger charge is 2.10. The van der Waals surface area contributed by atoms with Gasteiger partial charge < -0.3 is 10.2 Å². The van der Waals surface area contributed by atoms with Gasteiger partial charge in [-0.1, -0.05) is 48.5 Å². The van der Waals surface area contributed by atoms with Crippen LogP contribution >= 0.6 is 0 Å². The minimum absolute atomic E-state index is 0.216. The standard InChI is InChI=1S/C16H12O2/c17-14-9-2-1-7-12(14)13-8-3-5-11-6-4-10-15(18)16(11)13/h1-10,17-18H. The molecule has 0 fully saturated rings. The van der Waals surface area contributed by atoms with Crippen molar-refractivity contribution < 1.29 is 10.2 Å². The lowest BCUT2D eigenvalue weighted by molar-refractivity contribution is 0.477. The van der Waals surface area contributed by atoms with E-state index in [1.165, 1.54) is 0 Å². The van der Waals surface area contributed by atoms with Gasteiger partial charge in [-0.15, -0.1) is 0 Å². The third kappa shape index (κ3) is 1.59. The van der Waals surface area contributed by atoms with E-state index in [0.29, 0.717) is 0 Å². The van der Waals surface area contributed by atoms with E-state index in [2.05, 4.69) is 0 Å². The van der Waals surface area contributed by atoms with Crippen molar-refractivity contribution in [3.05, 3.63) is 60.7 Å². The van der Waals surface area contributed by atoms with Gasteiger partial charge in [0.1, 0.15) is 11.5 Å². The molecule has 0 aliphatic carbocycles. The first kappa shape index (κ1) is 10.7. The second-order valence-corrected chi connectivity index (χ2v) is 4.20. The number of hydrogen-bond donors (Lipinski definition) is 2. The lowest BCUT2D eigenvalue weighted by Crippen LogP contribution is -1.82. The summed E-state index contributed by atoms with van der Waals surface area (Å²) in [7, 11) is 0. The average Bonchev–Trinajstić information content (AvgIpc) is 2.39. The molecule has 0 aliphatic heterocycles. The molecule has 0 bridgehead atoms. The Morgan fingerprint density at radius 3 is 1.94 bits per heavy atom. The van der Waals surface area contributed by atoms with E-state index in [1.807, 2.05) is 42.5 Å². The fourth-order valence-electron chi connectivity index (χ4n) is 2.25. The van der Waals surface area contributed by atoms with Crippen LogP contribution in [-0.2, 0) is 0 Å². The molecule has 0 unspecified atom stereocenters. The van der Waals surface area contributed by atoms with Crippen molar-refractivity contribution in [1.29, 1.82) is 0 Å². The molecule has 3 rings (SSSR count). The Hall–Kier alpha value is -2.48. The molecule has 3 aromatic carbocycles. The van der Waals surface area contributed by atoms with Gasteiger partial charge >= 0.3 is 0 Å². The molecule has 0 radical (unpaired) electrons. The zero-order chi connectivity index (χ0) is 12.5. The normalized spacial score (nSPS) is 10.7. The number of aromatic hydroxyl groups is 2. The smallest absolute Gasteiger partial charge is 0.124 e. The molecule has 0 aromatic heterocycles. The summed E-state index contributed by atoms with van der Waals surface area (Å²) in [6.07, 6.45) is 0. The highest BCUT2D eigenvalue weighted by Crippen LogP contribution is 2.37. The van der Waals surface area contributed by atoms with Crippen LogP contribution in [-0.4, -0.2) is 10.2 Å². The fourth-order valence-corrected chi connectivity index (χ4v) is 2.25. The molecule has 0 atom stereocenters. The van der Waals surface area contributed by atoms with E-state index in [1.54, 1.807) is 18.2 Å². The molecule has 88 valence electrons. The van der Waals surface area contributed by atoms with Crippen molar-refractivity contribution in [2.75, 3.05) is 0 Å². The SMILES string of the molecule is Oc1ccccc1-c1cccc2cccc(O)c12. The number of phenols is 2. The van der Waals surface area contributed by atoms with Crippen LogP contribution in [0.3, 0.4) is 0 Å². The van der Waals surface area contributed by atoms with Gasteiger partial charge in [-0.2, -0.15) is 0 Å². The van der Waals surface area contributed by atoms with Crippen LogP contribution in [0.25, 0.3) is 21.9 Å². The second kappa shape index (κ2) is 4.08. The quantitative estimate of drug-likeness (QED) is 0.672. The van der Waals surface area contributed by atoms with E-state index in [9.17, 15) is 10.2 Å². The predicted molar refractivity (Wildman–Crippen MR) is 72.7 cm³/mol. The predicted octanol–water partition coefficient (Wildman–Crippen LogP) is 3.92. The van der Waals surface area contributed by atoms with Crippen molar-refractivity contribution in [3.8, 4) is 22.6 Å². The first-order chi connectivity index (χ1) is 8.77. The Kier molecular flexibility index (Phi) is 2.41. The maximum Gasteiger partial charge on any atom is 0.124 e. The Bertz CT molecular complexity index is 712. The number of phenolic OH excluding ortho intramolecular Hbond substituents is 2. The van der Waals surface area contributed by atoms with E-state index in [4.69, 9.17) is 0 Å². The number of rotatable bonds is 1. The summed E-state index contributed by atoms with van der Waals surface area (Å²) in [6.45, 7) is 0. The highest BCUT2D eigenvalue weighted by atomic mass is 16.3. The molecule has 2 N–H and O–H groups in total. The molecule has 0 heterocycles. The summed E-state index contributed by atoms with van der Waals surface area (Å²) in [5.41, 5.74) is 1.56. The third-order valence-electron chi connectivity index (χ3n) is 3.08. The largest absolute Gasteiger partial charge is 0.507 e.